The molecule has 0 fully saturated rings. The van der Waals surface area contributed by atoms with Gasteiger partial charge in [-0.2, -0.15) is 0 Å². The van der Waals surface area contributed by atoms with Crippen molar-refractivity contribution in [2.75, 3.05) is 0 Å². The van der Waals surface area contributed by atoms with Crippen LogP contribution in [-0.2, 0) is 4.79 Å². The van der Waals surface area contributed by atoms with E-state index in [0.717, 1.165) is 0 Å². The van der Waals surface area contributed by atoms with Crippen molar-refractivity contribution in [3.63, 3.8) is 0 Å². The zero-order chi connectivity index (χ0) is 8.55. The highest BCUT2D eigenvalue weighted by Gasteiger charge is 2.22. The quantitative estimate of drug-likeness (QED) is 0.577. The molecule has 0 aliphatic carbocycles. The molecule has 0 amide bonds. The van der Waals surface area contributed by atoms with Crippen LogP contribution in [0, 0.1) is 0 Å². The molecule has 0 radical (unpaired) electrons. The summed E-state index contributed by atoms with van der Waals surface area (Å²) in [6.45, 7) is 0. The molecule has 0 spiro atoms. The van der Waals surface area contributed by atoms with Crippen LogP contribution in [-0.4, -0.2) is 17.8 Å². The third-order valence-electron chi connectivity index (χ3n) is 1.73. The van der Waals surface area contributed by atoms with Gasteiger partial charge < -0.3 is 0 Å². The first-order valence-corrected chi connectivity index (χ1v) is 3.50. The first kappa shape index (κ1) is 6.91. The van der Waals surface area contributed by atoms with Gasteiger partial charge in [0.2, 0.25) is 5.78 Å². The van der Waals surface area contributed by atoms with Crippen molar-refractivity contribution in [2.24, 2.45) is 4.99 Å². The fourth-order valence-electron chi connectivity index (χ4n) is 1.16. The van der Waals surface area contributed by atoms with Crippen LogP contribution in [0.3, 0.4) is 0 Å². The van der Waals surface area contributed by atoms with Crippen molar-refractivity contribution in [3.05, 3.63) is 29.8 Å². The monoisotopic (exact) mass is 159 g/mol. The molecule has 1 aromatic rings. The predicted octanol–water partition coefficient (Wildman–Crippen LogP) is 1.15. The maximum atomic E-state index is 11.3. The van der Waals surface area contributed by atoms with Gasteiger partial charge in [-0.15, -0.1) is 0 Å². The average Bonchev–Trinajstić information content (AvgIpc) is 2.44. The van der Waals surface area contributed by atoms with E-state index in [1.165, 1.54) is 0 Å². The van der Waals surface area contributed by atoms with Crippen LogP contribution in [0.5, 0.6) is 0 Å². The number of carbonyl (C=O) groups is 2. The maximum Gasteiger partial charge on any atom is 0.216 e. The molecule has 0 N–H and O–H groups in total. The van der Waals surface area contributed by atoms with E-state index < -0.39 is 0 Å². The highest BCUT2D eigenvalue weighted by atomic mass is 16.1. The molecule has 12 heavy (non-hydrogen) atoms. The molecular formula is C9H5NO2. The molecule has 3 nitrogen and oxygen atoms in total. The van der Waals surface area contributed by atoms with Gasteiger partial charge in [0.15, 0.2) is 12.0 Å². The second kappa shape index (κ2) is 2.37. The summed E-state index contributed by atoms with van der Waals surface area (Å²) in [5.74, 6) is -0.277. The first-order chi connectivity index (χ1) is 5.83. The number of para-hydroxylation sites is 1. The average molecular weight is 159 g/mol. The molecule has 1 aliphatic rings. The van der Waals surface area contributed by atoms with Crippen LogP contribution in [0.15, 0.2) is 29.3 Å². The number of hydrogen-bond acceptors (Lipinski definition) is 3. The Bertz CT molecular complexity index is 393. The predicted molar refractivity (Wildman–Crippen MR) is 43.9 cm³/mol. The topological polar surface area (TPSA) is 46.5 Å². The molecule has 0 aromatic heterocycles. The molecule has 1 heterocycles. The van der Waals surface area contributed by atoms with E-state index in [2.05, 4.69) is 4.99 Å². The number of carbonyl (C=O) groups excluding carboxylic acids is 2. The van der Waals surface area contributed by atoms with Gasteiger partial charge >= 0.3 is 0 Å². The van der Waals surface area contributed by atoms with Gasteiger partial charge in [0.05, 0.1) is 5.69 Å². The number of aliphatic imine (C=N–C) groups is 1. The van der Waals surface area contributed by atoms with Crippen molar-refractivity contribution in [2.45, 2.75) is 0 Å². The van der Waals surface area contributed by atoms with Gasteiger partial charge in [0.25, 0.3) is 0 Å². The summed E-state index contributed by atoms with van der Waals surface area (Å²) in [4.78, 5) is 25.5. The van der Waals surface area contributed by atoms with Crippen LogP contribution < -0.4 is 0 Å². The van der Waals surface area contributed by atoms with Crippen LogP contribution in [0.2, 0.25) is 0 Å². The first-order valence-electron chi connectivity index (χ1n) is 3.50. The SMILES string of the molecule is O=CC1=Nc2ccccc2C1=O. The highest BCUT2D eigenvalue weighted by Crippen LogP contribution is 2.24. The van der Waals surface area contributed by atoms with Crippen molar-refractivity contribution >= 4 is 23.5 Å². The summed E-state index contributed by atoms with van der Waals surface area (Å²) in [5, 5.41) is 0. The third kappa shape index (κ3) is 0.797. The molecule has 3 heteroatoms. The lowest BCUT2D eigenvalue weighted by Crippen LogP contribution is -2.09. The third-order valence-corrected chi connectivity index (χ3v) is 1.73. The van der Waals surface area contributed by atoms with Gasteiger partial charge in [-0.05, 0) is 12.1 Å². The molecule has 58 valence electrons. The number of benzene rings is 1. The minimum atomic E-state index is -0.277. The van der Waals surface area contributed by atoms with E-state index in [1.807, 2.05) is 0 Å². The zero-order valence-corrected chi connectivity index (χ0v) is 6.15. The van der Waals surface area contributed by atoms with Crippen molar-refractivity contribution in [1.82, 2.24) is 0 Å². The summed E-state index contributed by atoms with van der Waals surface area (Å²) in [5.41, 5.74) is 1.10. The highest BCUT2D eigenvalue weighted by molar-refractivity contribution is 6.66. The second-order valence-electron chi connectivity index (χ2n) is 2.46. The number of nitrogens with zero attached hydrogens (tertiary/aromatic N) is 1. The Morgan fingerprint density at radius 2 is 2.00 bits per heavy atom. The van der Waals surface area contributed by atoms with E-state index >= 15 is 0 Å². The van der Waals surface area contributed by atoms with Gasteiger partial charge in [0.1, 0.15) is 0 Å². The molecule has 0 saturated heterocycles. The normalized spacial score (nSPS) is 14.0. The van der Waals surface area contributed by atoms with Gasteiger partial charge in [-0.25, -0.2) is 4.99 Å². The molecule has 1 aromatic carbocycles. The van der Waals surface area contributed by atoms with Crippen LogP contribution in [0.1, 0.15) is 10.4 Å². The van der Waals surface area contributed by atoms with E-state index in [9.17, 15) is 9.59 Å². The van der Waals surface area contributed by atoms with Crippen LogP contribution in [0.4, 0.5) is 5.69 Å². The van der Waals surface area contributed by atoms with Crippen molar-refractivity contribution in [1.29, 1.82) is 0 Å². The van der Waals surface area contributed by atoms with Crippen molar-refractivity contribution in [3.8, 4) is 0 Å². The van der Waals surface area contributed by atoms with E-state index in [-0.39, 0.29) is 11.5 Å². The number of aldehydes is 1. The minimum Gasteiger partial charge on any atom is -0.296 e. The number of Topliss-reactive ketones (excluding diaryl/α,β-unsaturated/α-hetero) is 1. The Kier molecular flexibility index (Phi) is 1.37. The summed E-state index contributed by atoms with van der Waals surface area (Å²) in [6.07, 6.45) is 0.488. The fourth-order valence-corrected chi connectivity index (χ4v) is 1.16. The second-order valence-corrected chi connectivity index (χ2v) is 2.46. The zero-order valence-electron chi connectivity index (χ0n) is 6.15. The lowest BCUT2D eigenvalue weighted by molar-refractivity contribution is -0.102. The van der Waals surface area contributed by atoms with E-state index in [1.54, 1.807) is 24.3 Å². The van der Waals surface area contributed by atoms with Crippen LogP contribution in [0.25, 0.3) is 0 Å². The van der Waals surface area contributed by atoms with Gasteiger partial charge in [-0.3, -0.25) is 9.59 Å². The fraction of sp³-hybridized carbons (Fsp3) is 0. The lowest BCUT2D eigenvalue weighted by atomic mass is 10.1. The Balaban J connectivity index is 2.61. The number of fused-ring (bicyclic) bond motifs is 1. The molecule has 2 rings (SSSR count). The Morgan fingerprint density at radius 1 is 1.25 bits per heavy atom. The Hall–Kier alpha value is -1.77. The molecule has 1 aliphatic heterocycles. The maximum absolute atomic E-state index is 11.3. The minimum absolute atomic E-state index is 0.00352. The summed E-state index contributed by atoms with van der Waals surface area (Å²) < 4.78 is 0. The summed E-state index contributed by atoms with van der Waals surface area (Å²) in [6, 6.07) is 6.91. The van der Waals surface area contributed by atoms with E-state index in [0.29, 0.717) is 17.5 Å². The molecule has 0 bridgehead atoms. The number of hydrogen-bond donors (Lipinski definition) is 0. The standard InChI is InChI=1S/C9H5NO2/c11-5-8-9(12)6-3-1-2-4-7(6)10-8/h1-5H. The Labute approximate surface area is 68.7 Å². The molecule has 0 unspecified atom stereocenters. The van der Waals surface area contributed by atoms with Crippen LogP contribution >= 0.6 is 0 Å². The summed E-state index contributed by atoms with van der Waals surface area (Å²) in [7, 11) is 0. The number of rotatable bonds is 1. The lowest BCUT2D eigenvalue weighted by Gasteiger charge is -1.90. The Morgan fingerprint density at radius 3 is 2.67 bits per heavy atom. The van der Waals surface area contributed by atoms with Gasteiger partial charge in [-0.1, -0.05) is 12.1 Å². The van der Waals surface area contributed by atoms with E-state index in [4.69, 9.17) is 0 Å². The largest absolute Gasteiger partial charge is 0.296 e. The molecule has 0 saturated carbocycles. The molecule has 0 atom stereocenters. The van der Waals surface area contributed by atoms with Crippen molar-refractivity contribution < 1.29 is 9.59 Å². The smallest absolute Gasteiger partial charge is 0.216 e. The summed E-state index contributed by atoms with van der Waals surface area (Å²) >= 11 is 0. The molecular weight excluding hydrogens is 154 g/mol. The van der Waals surface area contributed by atoms with Gasteiger partial charge in [0, 0.05) is 5.56 Å². The number of ketones is 1.